The number of nitrogens with two attached hydrogens (primary N) is 1. The number of rotatable bonds is 4. The quantitative estimate of drug-likeness (QED) is 0.753. The Morgan fingerprint density at radius 2 is 2.00 bits per heavy atom. The molecule has 0 fully saturated rings. The summed E-state index contributed by atoms with van der Waals surface area (Å²) in [5.74, 6) is 0.556. The Hall–Kier alpha value is -2.27. The normalized spacial score (nSPS) is 10.9. The van der Waals surface area contributed by atoms with Crippen LogP contribution < -0.4 is 5.73 Å². The van der Waals surface area contributed by atoms with Gasteiger partial charge in [0.1, 0.15) is 11.6 Å². The molecule has 1 aromatic heterocycles. The summed E-state index contributed by atoms with van der Waals surface area (Å²) in [5.41, 5.74) is 8.41. The van der Waals surface area contributed by atoms with Crippen LogP contribution in [0.4, 0.5) is 4.39 Å². The third-order valence-electron chi connectivity index (χ3n) is 3.30. The van der Waals surface area contributed by atoms with Gasteiger partial charge < -0.3 is 10.3 Å². The van der Waals surface area contributed by atoms with Crippen LogP contribution in [0.2, 0.25) is 0 Å². The zero-order valence-electron chi connectivity index (χ0n) is 11.3. The zero-order chi connectivity index (χ0) is 14.8. The number of hydrogen-bond donors (Lipinski definition) is 1. The Kier molecular flexibility index (Phi) is 3.66. The van der Waals surface area contributed by atoms with Gasteiger partial charge in [-0.3, -0.25) is 0 Å². The lowest BCUT2D eigenvalue weighted by Gasteiger charge is -2.09. The summed E-state index contributed by atoms with van der Waals surface area (Å²) in [6.07, 6.45) is 0.430. The van der Waals surface area contributed by atoms with Gasteiger partial charge in [0.05, 0.1) is 22.4 Å². The van der Waals surface area contributed by atoms with Crippen molar-refractivity contribution in [2.75, 3.05) is 0 Å². The van der Waals surface area contributed by atoms with E-state index in [1.165, 1.54) is 12.1 Å². The molecule has 0 amide bonds. The van der Waals surface area contributed by atoms with E-state index in [0.29, 0.717) is 18.0 Å². The number of nitrogens with zero attached hydrogens (tertiary/aromatic N) is 2. The Balaban J connectivity index is 2.08. The number of para-hydroxylation sites is 2. The monoisotopic (exact) mass is 299 g/mol. The van der Waals surface area contributed by atoms with Crippen LogP contribution in [-0.2, 0) is 13.0 Å². The number of imidazole rings is 1. The molecule has 1 heterocycles. The maximum absolute atomic E-state index is 13.4. The molecule has 0 saturated carbocycles. The molecule has 106 valence electrons. The number of benzene rings is 2. The minimum atomic E-state index is -0.243. The molecule has 5 heteroatoms. The molecule has 3 nitrogen and oxygen atoms in total. The summed E-state index contributed by atoms with van der Waals surface area (Å²) in [4.78, 5) is 4.97. The van der Waals surface area contributed by atoms with Crippen molar-refractivity contribution in [3.63, 3.8) is 0 Å². The molecule has 0 unspecified atom stereocenters. The van der Waals surface area contributed by atoms with Crippen LogP contribution >= 0.6 is 12.2 Å². The second-order valence-corrected chi connectivity index (χ2v) is 5.40. The lowest BCUT2D eigenvalue weighted by Crippen LogP contribution is -2.16. The summed E-state index contributed by atoms with van der Waals surface area (Å²) < 4.78 is 15.4. The zero-order valence-corrected chi connectivity index (χ0v) is 12.1. The van der Waals surface area contributed by atoms with Gasteiger partial charge in [0, 0.05) is 6.54 Å². The van der Waals surface area contributed by atoms with Gasteiger partial charge >= 0.3 is 0 Å². The third-order valence-corrected chi connectivity index (χ3v) is 3.44. The molecule has 0 saturated heterocycles. The molecule has 0 bridgehead atoms. The average Bonchev–Trinajstić information content (AvgIpc) is 2.76. The molecule has 2 aromatic carbocycles. The van der Waals surface area contributed by atoms with Gasteiger partial charge in [-0.15, -0.1) is 0 Å². The molecule has 21 heavy (non-hydrogen) atoms. The van der Waals surface area contributed by atoms with Crippen LogP contribution in [0, 0.1) is 5.82 Å². The van der Waals surface area contributed by atoms with Crippen LogP contribution in [0.15, 0.2) is 48.5 Å². The first-order chi connectivity index (χ1) is 10.1. The van der Waals surface area contributed by atoms with E-state index in [1.807, 2.05) is 34.9 Å². The van der Waals surface area contributed by atoms with Crippen LogP contribution in [0.25, 0.3) is 11.0 Å². The van der Waals surface area contributed by atoms with Crippen molar-refractivity contribution in [3.05, 3.63) is 65.7 Å². The predicted molar refractivity (Wildman–Crippen MR) is 85.7 cm³/mol. The van der Waals surface area contributed by atoms with E-state index in [9.17, 15) is 4.39 Å². The van der Waals surface area contributed by atoms with Crippen LogP contribution in [0.1, 0.15) is 11.4 Å². The van der Waals surface area contributed by atoms with Crippen molar-refractivity contribution >= 4 is 28.2 Å². The van der Waals surface area contributed by atoms with Crippen molar-refractivity contribution in [1.82, 2.24) is 9.55 Å². The number of thiocarbonyl (C=S) groups is 1. The number of hydrogen-bond acceptors (Lipinski definition) is 2. The molecule has 0 atom stereocenters. The molecule has 0 aliphatic rings. The molecule has 0 spiro atoms. The molecule has 3 rings (SSSR count). The topological polar surface area (TPSA) is 43.8 Å². The Bertz CT molecular complexity index is 810. The van der Waals surface area contributed by atoms with Gasteiger partial charge in [-0.25, -0.2) is 9.37 Å². The summed E-state index contributed by atoms with van der Waals surface area (Å²) in [7, 11) is 0. The summed E-state index contributed by atoms with van der Waals surface area (Å²) in [6.45, 7) is 0.538. The van der Waals surface area contributed by atoms with Crippen molar-refractivity contribution in [3.8, 4) is 0 Å². The Morgan fingerprint density at radius 3 is 2.76 bits per heavy atom. The highest BCUT2D eigenvalue weighted by atomic mass is 32.1. The highest BCUT2D eigenvalue weighted by Crippen LogP contribution is 2.18. The van der Waals surface area contributed by atoms with Gasteiger partial charge in [0.2, 0.25) is 0 Å². The maximum Gasteiger partial charge on any atom is 0.123 e. The van der Waals surface area contributed by atoms with Crippen molar-refractivity contribution in [2.45, 2.75) is 13.0 Å². The summed E-state index contributed by atoms with van der Waals surface area (Å²) in [6, 6.07) is 14.4. The van der Waals surface area contributed by atoms with Crippen molar-refractivity contribution in [1.29, 1.82) is 0 Å². The van der Waals surface area contributed by atoms with E-state index in [-0.39, 0.29) is 5.82 Å². The fraction of sp³-hybridized carbons (Fsp3) is 0.125. The van der Waals surface area contributed by atoms with Gasteiger partial charge in [0.15, 0.2) is 0 Å². The third kappa shape index (κ3) is 2.92. The fourth-order valence-electron chi connectivity index (χ4n) is 2.41. The SMILES string of the molecule is NC(=S)Cc1nc2ccccc2n1Cc1cccc(F)c1. The largest absolute Gasteiger partial charge is 0.393 e. The highest BCUT2D eigenvalue weighted by Gasteiger charge is 2.11. The van der Waals surface area contributed by atoms with Crippen LogP contribution in [-0.4, -0.2) is 14.5 Å². The Labute approximate surface area is 127 Å². The van der Waals surface area contributed by atoms with Crippen LogP contribution in [0.3, 0.4) is 0 Å². The Morgan fingerprint density at radius 1 is 1.19 bits per heavy atom. The first-order valence-electron chi connectivity index (χ1n) is 6.60. The first-order valence-corrected chi connectivity index (χ1v) is 7.01. The van der Waals surface area contributed by atoms with E-state index in [0.717, 1.165) is 22.4 Å². The van der Waals surface area contributed by atoms with E-state index in [1.54, 1.807) is 6.07 Å². The summed E-state index contributed by atoms with van der Waals surface area (Å²) in [5, 5.41) is 0. The number of halogens is 1. The van der Waals surface area contributed by atoms with Gasteiger partial charge in [-0.05, 0) is 29.8 Å². The smallest absolute Gasteiger partial charge is 0.123 e. The molecule has 2 N–H and O–H groups in total. The second-order valence-electron chi connectivity index (χ2n) is 4.88. The lowest BCUT2D eigenvalue weighted by molar-refractivity contribution is 0.623. The predicted octanol–water partition coefficient (Wildman–Crippen LogP) is 3.05. The minimum absolute atomic E-state index is 0.243. The molecule has 3 aromatic rings. The molecule has 0 aliphatic carbocycles. The second kappa shape index (κ2) is 5.61. The summed E-state index contributed by atoms with van der Waals surface area (Å²) >= 11 is 4.99. The maximum atomic E-state index is 13.4. The van der Waals surface area contributed by atoms with Gasteiger partial charge in [-0.1, -0.05) is 36.5 Å². The number of fused-ring (bicyclic) bond motifs is 1. The van der Waals surface area contributed by atoms with Gasteiger partial charge in [0.25, 0.3) is 0 Å². The van der Waals surface area contributed by atoms with E-state index < -0.39 is 0 Å². The standard InChI is InChI=1S/C16H14FN3S/c17-12-5-3-4-11(8-12)10-20-14-7-2-1-6-13(14)19-16(20)9-15(18)21/h1-8H,9-10H2,(H2,18,21). The molecular weight excluding hydrogens is 285 g/mol. The van der Waals surface area contributed by atoms with Crippen molar-refractivity contribution in [2.24, 2.45) is 5.73 Å². The van der Waals surface area contributed by atoms with E-state index in [4.69, 9.17) is 18.0 Å². The van der Waals surface area contributed by atoms with E-state index >= 15 is 0 Å². The van der Waals surface area contributed by atoms with E-state index in [2.05, 4.69) is 4.98 Å². The fourth-order valence-corrected chi connectivity index (χ4v) is 2.54. The lowest BCUT2D eigenvalue weighted by atomic mass is 10.2. The highest BCUT2D eigenvalue weighted by molar-refractivity contribution is 7.80. The molecule has 0 aliphatic heterocycles. The van der Waals surface area contributed by atoms with Crippen LogP contribution in [0.5, 0.6) is 0 Å². The average molecular weight is 299 g/mol. The number of aromatic nitrogens is 2. The van der Waals surface area contributed by atoms with Crippen molar-refractivity contribution < 1.29 is 4.39 Å². The molecule has 0 radical (unpaired) electrons. The minimum Gasteiger partial charge on any atom is -0.393 e. The molecular formula is C16H14FN3S. The van der Waals surface area contributed by atoms with Gasteiger partial charge in [-0.2, -0.15) is 0 Å². The first kappa shape index (κ1) is 13.7.